The van der Waals surface area contributed by atoms with Crippen molar-refractivity contribution in [3.8, 4) is 11.5 Å². The first-order valence-electron chi connectivity index (χ1n) is 8.03. The van der Waals surface area contributed by atoms with Crippen LogP contribution in [0.5, 0.6) is 11.5 Å². The number of ether oxygens (including phenoxy) is 2. The summed E-state index contributed by atoms with van der Waals surface area (Å²) >= 11 is 0. The molecule has 118 valence electrons. The van der Waals surface area contributed by atoms with Crippen LogP contribution in [0.25, 0.3) is 0 Å². The number of carbonyl (C=O) groups excluding carboxylic acids is 1. The van der Waals surface area contributed by atoms with E-state index in [2.05, 4.69) is 24.3 Å². The van der Waals surface area contributed by atoms with Gasteiger partial charge in [0, 0.05) is 11.0 Å². The van der Waals surface area contributed by atoms with Crippen LogP contribution in [-0.2, 0) is 19.3 Å². The van der Waals surface area contributed by atoms with E-state index >= 15 is 0 Å². The zero-order valence-electron chi connectivity index (χ0n) is 13.5. The van der Waals surface area contributed by atoms with Crippen molar-refractivity contribution in [1.82, 2.24) is 0 Å². The molecule has 0 aromatic heterocycles. The third kappa shape index (κ3) is 2.07. The summed E-state index contributed by atoms with van der Waals surface area (Å²) in [6, 6.07) is 12.3. The fraction of sp³-hybridized carbons (Fsp3) is 0.350. The molecule has 3 heteroatoms. The summed E-state index contributed by atoms with van der Waals surface area (Å²) < 4.78 is 10.8. The van der Waals surface area contributed by atoms with Crippen molar-refractivity contribution in [1.29, 1.82) is 0 Å². The van der Waals surface area contributed by atoms with E-state index in [9.17, 15) is 4.79 Å². The van der Waals surface area contributed by atoms with Crippen LogP contribution in [-0.4, -0.2) is 20.0 Å². The maximum absolute atomic E-state index is 13.3. The summed E-state index contributed by atoms with van der Waals surface area (Å²) in [5.74, 6) is 1.59. The Morgan fingerprint density at radius 1 is 0.913 bits per heavy atom. The minimum atomic E-state index is -0.268. The Morgan fingerprint density at radius 3 is 2.13 bits per heavy atom. The molecule has 1 spiro atoms. The van der Waals surface area contributed by atoms with Gasteiger partial charge >= 0.3 is 0 Å². The molecule has 0 atom stereocenters. The lowest BCUT2D eigenvalue weighted by Gasteiger charge is -2.33. The summed E-state index contributed by atoms with van der Waals surface area (Å²) in [5, 5.41) is 0. The Kier molecular flexibility index (Phi) is 3.19. The van der Waals surface area contributed by atoms with Crippen molar-refractivity contribution in [3.63, 3.8) is 0 Å². The van der Waals surface area contributed by atoms with Crippen molar-refractivity contribution in [2.45, 2.75) is 25.7 Å². The van der Waals surface area contributed by atoms with Gasteiger partial charge in [0.25, 0.3) is 0 Å². The minimum absolute atomic E-state index is 0.260. The van der Waals surface area contributed by atoms with Gasteiger partial charge in [0.05, 0.1) is 14.2 Å². The minimum Gasteiger partial charge on any atom is -0.493 e. The first-order chi connectivity index (χ1) is 11.2. The number of ketones is 1. The molecular formula is C20H20O3. The quantitative estimate of drug-likeness (QED) is 0.850. The Morgan fingerprint density at radius 2 is 1.52 bits per heavy atom. The standard InChI is InChI=1S/C20H20O3/c1-22-17-9-13-7-8-20(19(21)16(13)10-18(17)23-2)11-14-5-3-4-6-15(14)12-20/h3-6,9-10H,7-8,11-12H2,1-2H3. The topological polar surface area (TPSA) is 35.5 Å². The molecule has 23 heavy (non-hydrogen) atoms. The number of fused-ring (bicyclic) bond motifs is 2. The van der Waals surface area contributed by atoms with Crippen molar-refractivity contribution >= 4 is 5.78 Å². The van der Waals surface area contributed by atoms with Gasteiger partial charge in [0.1, 0.15) is 0 Å². The molecule has 2 aromatic carbocycles. The summed E-state index contributed by atoms with van der Waals surface area (Å²) in [5.41, 5.74) is 4.27. The number of hydrogen-bond donors (Lipinski definition) is 0. The molecule has 0 bridgehead atoms. The number of benzene rings is 2. The number of aryl methyl sites for hydroxylation is 1. The van der Waals surface area contributed by atoms with Crippen molar-refractivity contribution < 1.29 is 14.3 Å². The second-order valence-corrected chi connectivity index (χ2v) is 6.60. The zero-order valence-corrected chi connectivity index (χ0v) is 13.5. The molecule has 4 rings (SSSR count). The first kappa shape index (κ1) is 14.3. The van der Waals surface area contributed by atoms with Gasteiger partial charge < -0.3 is 9.47 Å². The van der Waals surface area contributed by atoms with E-state index in [0.29, 0.717) is 11.5 Å². The van der Waals surface area contributed by atoms with Crippen LogP contribution in [0.4, 0.5) is 0 Å². The molecule has 3 nitrogen and oxygen atoms in total. The maximum atomic E-state index is 13.3. The fourth-order valence-corrected chi connectivity index (χ4v) is 4.14. The SMILES string of the molecule is COc1cc2c(cc1OC)C(=O)C1(CC2)Cc2ccccc2C1. The van der Waals surface area contributed by atoms with Gasteiger partial charge in [-0.2, -0.15) is 0 Å². The van der Waals surface area contributed by atoms with E-state index in [4.69, 9.17) is 9.47 Å². The van der Waals surface area contributed by atoms with Gasteiger partial charge in [0.2, 0.25) is 0 Å². The Hall–Kier alpha value is -2.29. The lowest BCUT2D eigenvalue weighted by molar-refractivity contribution is 0.0770. The van der Waals surface area contributed by atoms with Gasteiger partial charge in [0.15, 0.2) is 17.3 Å². The van der Waals surface area contributed by atoms with E-state index in [1.807, 2.05) is 12.1 Å². The highest BCUT2D eigenvalue weighted by atomic mass is 16.5. The highest BCUT2D eigenvalue weighted by Gasteiger charge is 2.46. The molecular weight excluding hydrogens is 288 g/mol. The van der Waals surface area contributed by atoms with Gasteiger partial charge in [-0.1, -0.05) is 24.3 Å². The van der Waals surface area contributed by atoms with Gasteiger partial charge in [-0.25, -0.2) is 0 Å². The molecule has 0 saturated carbocycles. The molecule has 0 N–H and O–H groups in total. The second-order valence-electron chi connectivity index (χ2n) is 6.60. The molecule has 0 unspecified atom stereocenters. The Labute approximate surface area is 136 Å². The number of hydrogen-bond acceptors (Lipinski definition) is 3. The lowest BCUT2D eigenvalue weighted by Crippen LogP contribution is -2.36. The van der Waals surface area contributed by atoms with Gasteiger partial charge in [-0.05, 0) is 54.5 Å². The first-order valence-corrected chi connectivity index (χ1v) is 8.03. The second kappa shape index (κ2) is 5.12. The molecule has 2 aliphatic rings. The molecule has 2 aromatic rings. The van der Waals surface area contributed by atoms with Crippen LogP contribution in [0.1, 0.15) is 33.5 Å². The van der Waals surface area contributed by atoms with E-state index in [0.717, 1.165) is 36.8 Å². The zero-order chi connectivity index (χ0) is 16.0. The maximum Gasteiger partial charge on any atom is 0.170 e. The molecule has 0 radical (unpaired) electrons. The normalized spacial score (nSPS) is 17.7. The summed E-state index contributed by atoms with van der Waals surface area (Å²) in [6.07, 6.45) is 3.53. The van der Waals surface area contributed by atoms with E-state index < -0.39 is 0 Å². The number of Topliss-reactive ketones (excluding diaryl/α,β-unsaturated/α-hetero) is 1. The van der Waals surface area contributed by atoms with E-state index in [1.165, 1.54) is 11.1 Å². The highest BCUT2D eigenvalue weighted by Crippen LogP contribution is 2.47. The molecule has 0 saturated heterocycles. The largest absolute Gasteiger partial charge is 0.493 e. The van der Waals surface area contributed by atoms with Crippen LogP contribution < -0.4 is 9.47 Å². The van der Waals surface area contributed by atoms with Crippen LogP contribution in [0.15, 0.2) is 36.4 Å². The van der Waals surface area contributed by atoms with Gasteiger partial charge in [-0.3, -0.25) is 4.79 Å². The van der Waals surface area contributed by atoms with Crippen LogP contribution in [0, 0.1) is 5.41 Å². The smallest absolute Gasteiger partial charge is 0.170 e. The highest BCUT2D eigenvalue weighted by molar-refractivity contribution is 6.04. The predicted octanol–water partition coefficient (Wildman–Crippen LogP) is 3.62. The Balaban J connectivity index is 1.76. The van der Waals surface area contributed by atoms with Crippen LogP contribution in [0.2, 0.25) is 0 Å². The third-order valence-corrected chi connectivity index (χ3v) is 5.38. The summed E-state index contributed by atoms with van der Waals surface area (Å²) in [6.45, 7) is 0. The van der Waals surface area contributed by atoms with Crippen molar-refractivity contribution in [3.05, 3.63) is 58.7 Å². The lowest BCUT2D eigenvalue weighted by atomic mass is 9.68. The fourth-order valence-electron chi connectivity index (χ4n) is 4.14. The van der Waals surface area contributed by atoms with Crippen LogP contribution in [0.3, 0.4) is 0 Å². The molecule has 2 aliphatic carbocycles. The monoisotopic (exact) mass is 308 g/mol. The van der Waals surface area contributed by atoms with Crippen LogP contribution >= 0.6 is 0 Å². The number of carbonyl (C=O) groups is 1. The average molecular weight is 308 g/mol. The predicted molar refractivity (Wildman–Crippen MR) is 88.5 cm³/mol. The number of methoxy groups -OCH3 is 2. The number of rotatable bonds is 2. The van der Waals surface area contributed by atoms with E-state index in [1.54, 1.807) is 14.2 Å². The van der Waals surface area contributed by atoms with Gasteiger partial charge in [-0.15, -0.1) is 0 Å². The summed E-state index contributed by atoms with van der Waals surface area (Å²) in [7, 11) is 3.24. The molecule has 0 heterocycles. The van der Waals surface area contributed by atoms with Crippen molar-refractivity contribution in [2.75, 3.05) is 14.2 Å². The Bertz CT molecular complexity index is 766. The summed E-state index contributed by atoms with van der Waals surface area (Å²) in [4.78, 5) is 13.3. The molecule has 0 aliphatic heterocycles. The molecule has 0 fully saturated rings. The molecule has 0 amide bonds. The van der Waals surface area contributed by atoms with Crippen molar-refractivity contribution in [2.24, 2.45) is 5.41 Å². The van der Waals surface area contributed by atoms with E-state index in [-0.39, 0.29) is 11.2 Å². The third-order valence-electron chi connectivity index (χ3n) is 5.38. The average Bonchev–Trinajstić information content (AvgIpc) is 2.97.